The quantitative estimate of drug-likeness (QED) is 0.730. The Morgan fingerprint density at radius 1 is 1.24 bits per heavy atom. The van der Waals surface area contributed by atoms with E-state index in [0.29, 0.717) is 19.1 Å². The van der Waals surface area contributed by atoms with E-state index in [9.17, 15) is 0 Å². The number of hydrogen-bond donors (Lipinski definition) is 1. The molecule has 2 aliphatic heterocycles. The highest BCUT2D eigenvalue weighted by Gasteiger charge is 2.24. The standard InChI is InChI=1S/C18H30N4O3/c1-15-19-17(13-18(20-15)22-6-10-24-11-7-22)16-3-2-4-21(14-16)5-9-25-12-8-23/h13,16,23H,2-12,14H2,1H3. The molecule has 2 aliphatic rings. The summed E-state index contributed by atoms with van der Waals surface area (Å²) in [6.45, 7) is 9.54. The number of likely N-dealkylation sites (tertiary alicyclic amines) is 1. The van der Waals surface area contributed by atoms with E-state index < -0.39 is 0 Å². The Morgan fingerprint density at radius 2 is 2.08 bits per heavy atom. The summed E-state index contributed by atoms with van der Waals surface area (Å²) in [6, 6.07) is 2.18. The van der Waals surface area contributed by atoms with Gasteiger partial charge in [-0.15, -0.1) is 0 Å². The number of ether oxygens (including phenoxy) is 2. The second-order valence-electron chi connectivity index (χ2n) is 6.77. The average molecular weight is 350 g/mol. The molecule has 7 heteroatoms. The van der Waals surface area contributed by atoms with Gasteiger partial charge in [-0.05, 0) is 26.3 Å². The van der Waals surface area contributed by atoms with Crippen molar-refractivity contribution in [2.45, 2.75) is 25.7 Å². The first kappa shape index (κ1) is 18.5. The molecule has 0 bridgehead atoms. The molecule has 1 aromatic rings. The summed E-state index contributed by atoms with van der Waals surface area (Å²) >= 11 is 0. The first-order chi connectivity index (χ1) is 12.3. The van der Waals surface area contributed by atoms with Crippen LogP contribution >= 0.6 is 0 Å². The number of aliphatic hydroxyl groups is 1. The van der Waals surface area contributed by atoms with E-state index in [1.54, 1.807) is 0 Å². The Bertz CT molecular complexity index is 537. The van der Waals surface area contributed by atoms with Gasteiger partial charge in [-0.25, -0.2) is 9.97 Å². The molecule has 3 rings (SSSR count). The number of rotatable bonds is 7. The summed E-state index contributed by atoms with van der Waals surface area (Å²) in [5.74, 6) is 2.34. The van der Waals surface area contributed by atoms with Gasteiger partial charge in [-0.2, -0.15) is 0 Å². The minimum absolute atomic E-state index is 0.0904. The van der Waals surface area contributed by atoms with E-state index in [1.807, 2.05) is 6.92 Å². The molecule has 1 atom stereocenters. The predicted molar refractivity (Wildman–Crippen MR) is 96.1 cm³/mol. The highest BCUT2D eigenvalue weighted by molar-refractivity contribution is 5.41. The Balaban J connectivity index is 1.62. The van der Waals surface area contributed by atoms with E-state index in [-0.39, 0.29) is 6.61 Å². The largest absolute Gasteiger partial charge is 0.394 e. The third-order valence-electron chi connectivity index (χ3n) is 4.89. The topological polar surface area (TPSA) is 71.0 Å². The van der Waals surface area contributed by atoms with Gasteiger partial charge in [0, 0.05) is 38.2 Å². The Hall–Kier alpha value is -1.28. The third-order valence-corrected chi connectivity index (χ3v) is 4.89. The second-order valence-corrected chi connectivity index (χ2v) is 6.77. The van der Waals surface area contributed by atoms with Crippen LogP contribution in [0.3, 0.4) is 0 Å². The van der Waals surface area contributed by atoms with Crippen molar-refractivity contribution in [2.75, 3.05) is 70.7 Å². The summed E-state index contributed by atoms with van der Waals surface area (Å²) in [7, 11) is 0. The lowest BCUT2D eigenvalue weighted by atomic mass is 9.94. The normalized spacial score (nSPS) is 22.3. The molecule has 1 unspecified atom stereocenters. The SMILES string of the molecule is Cc1nc(C2CCCN(CCOCCO)C2)cc(N2CCOCC2)n1. The van der Waals surface area contributed by atoms with Crippen LogP contribution in [0, 0.1) is 6.92 Å². The molecule has 2 saturated heterocycles. The Labute approximate surface area is 150 Å². The van der Waals surface area contributed by atoms with Crippen LogP contribution in [-0.4, -0.2) is 85.7 Å². The first-order valence-electron chi connectivity index (χ1n) is 9.35. The van der Waals surface area contributed by atoms with Gasteiger partial charge in [0.15, 0.2) is 0 Å². The molecule has 25 heavy (non-hydrogen) atoms. The molecule has 1 aromatic heterocycles. The molecule has 0 spiro atoms. The van der Waals surface area contributed by atoms with Gasteiger partial charge in [0.2, 0.25) is 0 Å². The van der Waals surface area contributed by atoms with Crippen LogP contribution < -0.4 is 4.90 Å². The van der Waals surface area contributed by atoms with Crippen molar-refractivity contribution >= 4 is 5.82 Å². The van der Waals surface area contributed by atoms with Gasteiger partial charge in [-0.1, -0.05) is 0 Å². The molecule has 3 heterocycles. The number of morpholine rings is 1. The Morgan fingerprint density at radius 3 is 2.88 bits per heavy atom. The van der Waals surface area contributed by atoms with E-state index in [4.69, 9.17) is 19.6 Å². The predicted octanol–water partition coefficient (Wildman–Crippen LogP) is 0.810. The van der Waals surface area contributed by atoms with E-state index >= 15 is 0 Å². The molecule has 1 N–H and O–H groups in total. The number of piperidine rings is 1. The summed E-state index contributed by atoms with van der Waals surface area (Å²) in [5.41, 5.74) is 1.16. The minimum Gasteiger partial charge on any atom is -0.394 e. The number of aromatic nitrogens is 2. The average Bonchev–Trinajstić information content (AvgIpc) is 2.66. The number of hydrogen-bond acceptors (Lipinski definition) is 7. The van der Waals surface area contributed by atoms with Gasteiger partial charge in [0.1, 0.15) is 11.6 Å². The highest BCUT2D eigenvalue weighted by Crippen LogP contribution is 2.27. The first-order valence-corrected chi connectivity index (χ1v) is 9.35. The number of anilines is 1. The van der Waals surface area contributed by atoms with Gasteiger partial charge < -0.3 is 24.4 Å². The summed E-state index contributed by atoms with van der Waals surface area (Å²) < 4.78 is 10.9. The maximum atomic E-state index is 8.79. The maximum absolute atomic E-state index is 8.79. The zero-order valence-electron chi connectivity index (χ0n) is 15.2. The maximum Gasteiger partial charge on any atom is 0.132 e. The summed E-state index contributed by atoms with van der Waals surface area (Å²) in [5, 5.41) is 8.79. The summed E-state index contributed by atoms with van der Waals surface area (Å²) in [4.78, 5) is 14.1. The molecule has 0 amide bonds. The number of nitrogens with zero attached hydrogens (tertiary/aromatic N) is 4. The van der Waals surface area contributed by atoms with E-state index in [1.165, 1.54) is 12.8 Å². The summed E-state index contributed by atoms with van der Waals surface area (Å²) in [6.07, 6.45) is 2.35. The van der Waals surface area contributed by atoms with Crippen LogP contribution in [0.25, 0.3) is 0 Å². The Kier molecular flexibility index (Phi) is 6.98. The molecule has 0 aliphatic carbocycles. The molecule has 0 saturated carbocycles. The monoisotopic (exact) mass is 350 g/mol. The second kappa shape index (κ2) is 9.43. The van der Waals surface area contributed by atoms with Crippen molar-refractivity contribution < 1.29 is 14.6 Å². The zero-order valence-corrected chi connectivity index (χ0v) is 15.2. The zero-order chi connectivity index (χ0) is 17.5. The number of aryl methyl sites for hydroxylation is 1. The van der Waals surface area contributed by atoms with E-state index in [2.05, 4.69) is 20.9 Å². The van der Waals surface area contributed by atoms with Crippen molar-refractivity contribution in [1.29, 1.82) is 0 Å². The fourth-order valence-corrected chi connectivity index (χ4v) is 3.60. The van der Waals surface area contributed by atoms with Crippen LogP contribution in [0.2, 0.25) is 0 Å². The highest BCUT2D eigenvalue weighted by atomic mass is 16.5. The molecular weight excluding hydrogens is 320 g/mol. The van der Waals surface area contributed by atoms with Gasteiger partial charge >= 0.3 is 0 Å². The van der Waals surface area contributed by atoms with Crippen molar-refractivity contribution in [1.82, 2.24) is 14.9 Å². The number of aliphatic hydroxyl groups excluding tert-OH is 1. The van der Waals surface area contributed by atoms with Crippen molar-refractivity contribution in [3.63, 3.8) is 0 Å². The van der Waals surface area contributed by atoms with Crippen LogP contribution in [-0.2, 0) is 9.47 Å². The molecule has 0 aromatic carbocycles. The van der Waals surface area contributed by atoms with Crippen molar-refractivity contribution in [2.24, 2.45) is 0 Å². The fourth-order valence-electron chi connectivity index (χ4n) is 3.60. The molecule has 0 radical (unpaired) electrons. The molecular formula is C18H30N4O3. The van der Waals surface area contributed by atoms with Crippen molar-refractivity contribution in [3.8, 4) is 0 Å². The minimum atomic E-state index is 0.0904. The van der Waals surface area contributed by atoms with Crippen LogP contribution in [0.1, 0.15) is 30.3 Å². The third kappa shape index (κ3) is 5.34. The fraction of sp³-hybridized carbons (Fsp3) is 0.778. The van der Waals surface area contributed by atoms with Crippen LogP contribution in [0.15, 0.2) is 6.07 Å². The van der Waals surface area contributed by atoms with Crippen LogP contribution in [0.4, 0.5) is 5.82 Å². The lowest BCUT2D eigenvalue weighted by Gasteiger charge is -2.33. The smallest absolute Gasteiger partial charge is 0.132 e. The van der Waals surface area contributed by atoms with Gasteiger partial charge in [0.25, 0.3) is 0 Å². The molecule has 2 fully saturated rings. The lowest BCUT2D eigenvalue weighted by Crippen LogP contribution is -2.38. The molecule has 7 nitrogen and oxygen atoms in total. The van der Waals surface area contributed by atoms with Crippen LogP contribution in [0.5, 0.6) is 0 Å². The molecule has 140 valence electrons. The lowest BCUT2D eigenvalue weighted by molar-refractivity contribution is 0.0670. The van der Waals surface area contributed by atoms with Gasteiger partial charge in [0.05, 0.1) is 38.7 Å². The van der Waals surface area contributed by atoms with Gasteiger partial charge in [-0.3, -0.25) is 0 Å². The van der Waals surface area contributed by atoms with Crippen molar-refractivity contribution in [3.05, 3.63) is 17.6 Å². The van der Waals surface area contributed by atoms with E-state index in [0.717, 1.165) is 63.3 Å².